The van der Waals surface area contributed by atoms with Crippen molar-refractivity contribution in [1.82, 2.24) is 9.38 Å². The molecule has 0 aliphatic carbocycles. The largest absolute Gasteiger partial charge is 0.383 e. The van der Waals surface area contributed by atoms with E-state index in [0.717, 1.165) is 28.8 Å². The van der Waals surface area contributed by atoms with Gasteiger partial charge in [-0.15, -0.1) is 0 Å². The normalized spacial score (nSPS) is 11.0. The summed E-state index contributed by atoms with van der Waals surface area (Å²) in [6, 6.07) is 12.3. The SMILES string of the molecule is CCc1cc(NCCOC)n2c(nc3ccccc32)c1C#N. The van der Waals surface area contributed by atoms with Crippen molar-refractivity contribution in [3.05, 3.63) is 41.5 Å². The Morgan fingerprint density at radius 3 is 2.91 bits per heavy atom. The fourth-order valence-corrected chi connectivity index (χ4v) is 2.69. The summed E-state index contributed by atoms with van der Waals surface area (Å²) < 4.78 is 7.12. The number of hydrogen-bond acceptors (Lipinski definition) is 4. The number of para-hydroxylation sites is 2. The van der Waals surface area contributed by atoms with E-state index in [2.05, 4.69) is 16.4 Å². The molecule has 22 heavy (non-hydrogen) atoms. The van der Waals surface area contributed by atoms with Crippen LogP contribution in [0.1, 0.15) is 18.1 Å². The Balaban J connectivity index is 2.30. The van der Waals surface area contributed by atoms with Crippen molar-refractivity contribution in [1.29, 1.82) is 5.26 Å². The number of imidazole rings is 1. The Labute approximate surface area is 129 Å². The number of nitriles is 1. The number of benzene rings is 1. The highest BCUT2D eigenvalue weighted by atomic mass is 16.5. The van der Waals surface area contributed by atoms with E-state index in [9.17, 15) is 5.26 Å². The summed E-state index contributed by atoms with van der Waals surface area (Å²) in [5, 5.41) is 12.9. The molecule has 0 fully saturated rings. The summed E-state index contributed by atoms with van der Waals surface area (Å²) in [4.78, 5) is 4.65. The first-order valence-corrected chi connectivity index (χ1v) is 7.36. The summed E-state index contributed by atoms with van der Waals surface area (Å²) in [5.74, 6) is 0.941. The molecule has 1 aromatic carbocycles. The predicted molar refractivity (Wildman–Crippen MR) is 87.2 cm³/mol. The molecular formula is C17H18N4O. The van der Waals surface area contributed by atoms with Gasteiger partial charge in [-0.05, 0) is 30.2 Å². The lowest BCUT2D eigenvalue weighted by Gasteiger charge is -2.13. The monoisotopic (exact) mass is 294 g/mol. The molecule has 1 N–H and O–H groups in total. The van der Waals surface area contributed by atoms with Gasteiger partial charge in [0.15, 0.2) is 5.65 Å². The van der Waals surface area contributed by atoms with Crippen molar-refractivity contribution < 1.29 is 4.74 Å². The summed E-state index contributed by atoms with van der Waals surface area (Å²) in [5.41, 5.74) is 4.25. The molecule has 0 saturated heterocycles. The van der Waals surface area contributed by atoms with Gasteiger partial charge in [-0.1, -0.05) is 19.1 Å². The summed E-state index contributed by atoms with van der Waals surface area (Å²) >= 11 is 0. The Hall–Kier alpha value is -2.58. The Bertz CT molecular complexity index is 860. The molecule has 5 nitrogen and oxygen atoms in total. The number of nitrogens with zero attached hydrogens (tertiary/aromatic N) is 3. The number of ether oxygens (including phenoxy) is 1. The molecule has 112 valence electrons. The predicted octanol–water partition coefficient (Wildman–Crippen LogP) is 2.98. The minimum Gasteiger partial charge on any atom is -0.383 e. The van der Waals surface area contributed by atoms with Crippen LogP contribution in [0.25, 0.3) is 16.7 Å². The molecule has 0 saturated carbocycles. The lowest BCUT2D eigenvalue weighted by atomic mass is 10.1. The highest BCUT2D eigenvalue weighted by molar-refractivity contribution is 5.85. The van der Waals surface area contributed by atoms with E-state index in [-0.39, 0.29) is 0 Å². The zero-order chi connectivity index (χ0) is 15.5. The van der Waals surface area contributed by atoms with Crippen molar-refractivity contribution in [2.45, 2.75) is 13.3 Å². The minimum atomic E-state index is 0.621. The molecule has 2 aromatic heterocycles. The third-order valence-electron chi connectivity index (χ3n) is 3.76. The standard InChI is InChI=1S/C17H18N4O/c1-3-12-10-16(19-8-9-22-2)21-15-7-5-4-6-14(15)20-17(21)13(12)11-18/h4-7,10,19H,3,8-9H2,1-2H3. The van der Waals surface area contributed by atoms with E-state index in [1.807, 2.05) is 41.7 Å². The molecule has 2 heterocycles. The average Bonchev–Trinajstić information content (AvgIpc) is 2.94. The van der Waals surface area contributed by atoms with Gasteiger partial charge in [-0.2, -0.15) is 5.26 Å². The summed E-state index contributed by atoms with van der Waals surface area (Å²) in [6.45, 7) is 3.37. The second-order valence-electron chi connectivity index (χ2n) is 5.07. The van der Waals surface area contributed by atoms with Gasteiger partial charge in [-0.3, -0.25) is 4.40 Å². The lowest BCUT2D eigenvalue weighted by Crippen LogP contribution is -2.11. The first-order chi connectivity index (χ1) is 10.8. The second-order valence-corrected chi connectivity index (χ2v) is 5.07. The molecule has 0 aliphatic heterocycles. The van der Waals surface area contributed by atoms with Crippen molar-refractivity contribution in [3.8, 4) is 6.07 Å². The number of aromatic nitrogens is 2. The van der Waals surface area contributed by atoms with Gasteiger partial charge >= 0.3 is 0 Å². The molecule has 3 rings (SSSR count). The maximum atomic E-state index is 9.53. The van der Waals surface area contributed by atoms with E-state index in [4.69, 9.17) is 4.74 Å². The molecule has 0 radical (unpaired) electrons. The van der Waals surface area contributed by atoms with Gasteiger partial charge < -0.3 is 10.1 Å². The van der Waals surface area contributed by atoms with Crippen molar-refractivity contribution in [2.24, 2.45) is 0 Å². The van der Waals surface area contributed by atoms with Crippen LogP contribution in [0.5, 0.6) is 0 Å². The number of aryl methyl sites for hydroxylation is 1. The fourth-order valence-electron chi connectivity index (χ4n) is 2.69. The number of fused-ring (bicyclic) bond motifs is 3. The number of anilines is 1. The quantitative estimate of drug-likeness (QED) is 0.735. The van der Waals surface area contributed by atoms with Crippen molar-refractivity contribution >= 4 is 22.5 Å². The van der Waals surface area contributed by atoms with E-state index < -0.39 is 0 Å². The minimum absolute atomic E-state index is 0.621. The molecular weight excluding hydrogens is 276 g/mol. The van der Waals surface area contributed by atoms with Crippen LogP contribution in [-0.4, -0.2) is 29.6 Å². The van der Waals surface area contributed by atoms with Crippen LogP contribution in [-0.2, 0) is 11.2 Å². The van der Waals surface area contributed by atoms with E-state index in [1.165, 1.54) is 0 Å². The number of hydrogen-bond donors (Lipinski definition) is 1. The average molecular weight is 294 g/mol. The zero-order valence-corrected chi connectivity index (χ0v) is 12.8. The van der Waals surface area contributed by atoms with Crippen molar-refractivity contribution in [3.63, 3.8) is 0 Å². The van der Waals surface area contributed by atoms with Gasteiger partial charge in [0.2, 0.25) is 0 Å². The molecule has 0 spiro atoms. The van der Waals surface area contributed by atoms with Gasteiger partial charge in [0.05, 0.1) is 23.2 Å². The van der Waals surface area contributed by atoms with Gasteiger partial charge in [0, 0.05) is 13.7 Å². The summed E-state index contributed by atoms with van der Waals surface area (Å²) in [7, 11) is 1.68. The van der Waals surface area contributed by atoms with E-state index >= 15 is 0 Å². The lowest BCUT2D eigenvalue weighted by molar-refractivity contribution is 0.210. The zero-order valence-electron chi connectivity index (χ0n) is 12.8. The molecule has 3 aromatic rings. The number of pyridine rings is 1. The van der Waals surface area contributed by atoms with Crippen LogP contribution >= 0.6 is 0 Å². The summed E-state index contributed by atoms with van der Waals surface area (Å²) in [6.07, 6.45) is 0.793. The van der Waals surface area contributed by atoms with E-state index in [0.29, 0.717) is 24.4 Å². The molecule has 5 heteroatoms. The molecule has 0 aliphatic rings. The maximum absolute atomic E-state index is 9.53. The Morgan fingerprint density at radius 2 is 2.18 bits per heavy atom. The number of nitrogens with one attached hydrogen (secondary N) is 1. The molecule has 0 amide bonds. The number of methoxy groups -OCH3 is 1. The van der Waals surface area contributed by atoms with Crippen molar-refractivity contribution in [2.75, 3.05) is 25.6 Å². The van der Waals surface area contributed by atoms with Gasteiger partial charge in [0.1, 0.15) is 11.9 Å². The van der Waals surface area contributed by atoms with Crippen LogP contribution < -0.4 is 5.32 Å². The van der Waals surface area contributed by atoms with Crippen LogP contribution in [0.4, 0.5) is 5.82 Å². The van der Waals surface area contributed by atoms with Crippen LogP contribution in [0.2, 0.25) is 0 Å². The smallest absolute Gasteiger partial charge is 0.157 e. The third-order valence-corrected chi connectivity index (χ3v) is 3.76. The molecule has 0 unspecified atom stereocenters. The Kier molecular flexibility index (Phi) is 3.94. The Morgan fingerprint density at radius 1 is 1.36 bits per heavy atom. The van der Waals surface area contributed by atoms with Crippen LogP contribution in [0.3, 0.4) is 0 Å². The third kappa shape index (κ3) is 2.28. The van der Waals surface area contributed by atoms with Gasteiger partial charge in [-0.25, -0.2) is 4.98 Å². The fraction of sp³-hybridized carbons (Fsp3) is 0.294. The topological polar surface area (TPSA) is 62.4 Å². The maximum Gasteiger partial charge on any atom is 0.157 e. The molecule has 0 atom stereocenters. The highest BCUT2D eigenvalue weighted by Gasteiger charge is 2.15. The van der Waals surface area contributed by atoms with Gasteiger partial charge in [0.25, 0.3) is 0 Å². The van der Waals surface area contributed by atoms with Crippen LogP contribution in [0.15, 0.2) is 30.3 Å². The first-order valence-electron chi connectivity index (χ1n) is 7.36. The first kappa shape index (κ1) is 14.4. The molecule has 0 bridgehead atoms. The number of rotatable bonds is 5. The van der Waals surface area contributed by atoms with E-state index in [1.54, 1.807) is 7.11 Å². The second kappa shape index (κ2) is 6.04. The highest BCUT2D eigenvalue weighted by Crippen LogP contribution is 2.27. The van der Waals surface area contributed by atoms with Crippen LogP contribution in [0, 0.1) is 11.3 Å².